The standard InChI is InChI=1S/C15H25N3O/c1-4-9-18-10-8-12(11-16-2)15(18)13-6-5-7-14(17-13)19-3/h5-7,12,15-16H,4,8-11H2,1-3H3. The molecule has 1 saturated heterocycles. The first-order valence-corrected chi connectivity index (χ1v) is 7.19. The number of hydrogen-bond acceptors (Lipinski definition) is 4. The minimum absolute atomic E-state index is 0.419. The molecule has 0 spiro atoms. The second-order valence-corrected chi connectivity index (χ2v) is 5.19. The number of nitrogens with zero attached hydrogens (tertiary/aromatic N) is 2. The maximum atomic E-state index is 5.26. The van der Waals surface area contributed by atoms with Crippen LogP contribution >= 0.6 is 0 Å². The fourth-order valence-electron chi connectivity index (χ4n) is 3.08. The monoisotopic (exact) mass is 263 g/mol. The van der Waals surface area contributed by atoms with Crippen LogP contribution in [0.3, 0.4) is 0 Å². The number of nitrogens with one attached hydrogen (secondary N) is 1. The van der Waals surface area contributed by atoms with E-state index in [0.29, 0.717) is 17.8 Å². The first-order chi connectivity index (χ1) is 9.30. The van der Waals surface area contributed by atoms with Crippen molar-refractivity contribution in [3.05, 3.63) is 23.9 Å². The average molecular weight is 263 g/mol. The summed E-state index contributed by atoms with van der Waals surface area (Å²) in [5.74, 6) is 1.35. The molecule has 1 aliphatic heterocycles. The molecule has 4 heteroatoms. The number of aromatic nitrogens is 1. The molecule has 0 aliphatic carbocycles. The van der Waals surface area contributed by atoms with Gasteiger partial charge in [0.15, 0.2) is 0 Å². The van der Waals surface area contributed by atoms with Crippen molar-refractivity contribution in [3.8, 4) is 5.88 Å². The number of ether oxygens (including phenoxy) is 1. The molecule has 0 radical (unpaired) electrons. The average Bonchev–Trinajstić information content (AvgIpc) is 2.83. The van der Waals surface area contributed by atoms with Crippen molar-refractivity contribution in [2.75, 3.05) is 33.8 Å². The predicted octanol–water partition coefficient (Wildman–Crippen LogP) is 2.08. The zero-order valence-corrected chi connectivity index (χ0v) is 12.2. The molecule has 0 amide bonds. The van der Waals surface area contributed by atoms with Crippen LogP contribution in [0.2, 0.25) is 0 Å². The topological polar surface area (TPSA) is 37.4 Å². The molecule has 1 aromatic heterocycles. The summed E-state index contributed by atoms with van der Waals surface area (Å²) in [5.41, 5.74) is 1.14. The smallest absolute Gasteiger partial charge is 0.213 e. The molecular weight excluding hydrogens is 238 g/mol. The SMILES string of the molecule is CCCN1CCC(CNC)C1c1cccc(OC)n1. The molecular formula is C15H25N3O. The van der Waals surface area contributed by atoms with Crippen LogP contribution in [0.5, 0.6) is 5.88 Å². The molecule has 2 atom stereocenters. The number of hydrogen-bond donors (Lipinski definition) is 1. The summed E-state index contributed by atoms with van der Waals surface area (Å²) < 4.78 is 5.26. The van der Waals surface area contributed by atoms with E-state index in [1.165, 1.54) is 19.4 Å². The molecule has 0 bridgehead atoms. The Hall–Kier alpha value is -1.13. The third-order valence-corrected chi connectivity index (χ3v) is 3.86. The Labute approximate surface area is 116 Å². The summed E-state index contributed by atoms with van der Waals surface area (Å²) in [7, 11) is 3.70. The van der Waals surface area contributed by atoms with E-state index in [9.17, 15) is 0 Å². The van der Waals surface area contributed by atoms with E-state index in [1.54, 1.807) is 7.11 Å². The van der Waals surface area contributed by atoms with E-state index in [1.807, 2.05) is 19.2 Å². The van der Waals surface area contributed by atoms with Crippen LogP contribution in [-0.4, -0.2) is 43.7 Å². The summed E-state index contributed by atoms with van der Waals surface area (Å²) >= 11 is 0. The first-order valence-electron chi connectivity index (χ1n) is 7.19. The lowest BCUT2D eigenvalue weighted by Gasteiger charge is -2.27. The number of methoxy groups -OCH3 is 1. The molecule has 106 valence electrons. The van der Waals surface area contributed by atoms with Gasteiger partial charge in [0, 0.05) is 6.07 Å². The van der Waals surface area contributed by atoms with Crippen LogP contribution in [0, 0.1) is 5.92 Å². The molecule has 4 nitrogen and oxygen atoms in total. The molecule has 1 N–H and O–H groups in total. The van der Waals surface area contributed by atoms with Crippen molar-refractivity contribution in [2.45, 2.75) is 25.8 Å². The summed E-state index contributed by atoms with van der Waals surface area (Å²) in [6.45, 7) is 5.60. The highest BCUT2D eigenvalue weighted by Crippen LogP contribution is 2.36. The Morgan fingerprint density at radius 1 is 1.47 bits per heavy atom. The summed E-state index contributed by atoms with van der Waals surface area (Å²) in [5, 5.41) is 3.31. The van der Waals surface area contributed by atoms with Gasteiger partial charge in [-0.1, -0.05) is 13.0 Å². The Balaban J connectivity index is 2.23. The molecule has 2 rings (SSSR count). The lowest BCUT2D eigenvalue weighted by molar-refractivity contribution is 0.221. The summed E-state index contributed by atoms with van der Waals surface area (Å²) in [4.78, 5) is 7.21. The Kier molecular flexibility index (Phi) is 5.16. The normalized spacial score (nSPS) is 23.7. The second-order valence-electron chi connectivity index (χ2n) is 5.19. The van der Waals surface area contributed by atoms with Gasteiger partial charge < -0.3 is 10.1 Å². The van der Waals surface area contributed by atoms with Crippen LogP contribution in [0.25, 0.3) is 0 Å². The van der Waals surface area contributed by atoms with Gasteiger partial charge in [-0.15, -0.1) is 0 Å². The van der Waals surface area contributed by atoms with Crippen LogP contribution in [0.15, 0.2) is 18.2 Å². The molecule has 0 aromatic carbocycles. The van der Waals surface area contributed by atoms with Crippen molar-refractivity contribution < 1.29 is 4.74 Å². The quantitative estimate of drug-likeness (QED) is 0.852. The lowest BCUT2D eigenvalue weighted by Crippen LogP contribution is -2.30. The van der Waals surface area contributed by atoms with Gasteiger partial charge in [-0.05, 0) is 51.5 Å². The van der Waals surface area contributed by atoms with Gasteiger partial charge in [0.1, 0.15) is 0 Å². The van der Waals surface area contributed by atoms with Crippen molar-refractivity contribution in [3.63, 3.8) is 0 Å². The molecule has 1 fully saturated rings. The third kappa shape index (κ3) is 3.25. The highest BCUT2D eigenvalue weighted by atomic mass is 16.5. The van der Waals surface area contributed by atoms with Gasteiger partial charge in [0.2, 0.25) is 5.88 Å². The van der Waals surface area contributed by atoms with Gasteiger partial charge in [-0.25, -0.2) is 4.98 Å². The second kappa shape index (κ2) is 6.87. The van der Waals surface area contributed by atoms with Gasteiger partial charge in [-0.3, -0.25) is 4.90 Å². The van der Waals surface area contributed by atoms with E-state index in [0.717, 1.165) is 18.8 Å². The highest BCUT2D eigenvalue weighted by molar-refractivity contribution is 5.20. The number of likely N-dealkylation sites (tertiary alicyclic amines) is 1. The van der Waals surface area contributed by atoms with Crippen molar-refractivity contribution in [1.82, 2.24) is 15.2 Å². The van der Waals surface area contributed by atoms with Crippen molar-refractivity contribution >= 4 is 0 Å². The van der Waals surface area contributed by atoms with Crippen LogP contribution in [-0.2, 0) is 0 Å². The Morgan fingerprint density at radius 3 is 3.00 bits per heavy atom. The summed E-state index contributed by atoms with van der Waals surface area (Å²) in [6.07, 6.45) is 2.43. The maximum absolute atomic E-state index is 5.26. The van der Waals surface area contributed by atoms with Gasteiger partial charge >= 0.3 is 0 Å². The predicted molar refractivity (Wildman–Crippen MR) is 77.4 cm³/mol. The largest absolute Gasteiger partial charge is 0.481 e. The Bertz CT molecular complexity index is 383. The minimum Gasteiger partial charge on any atom is -0.481 e. The number of pyridine rings is 1. The van der Waals surface area contributed by atoms with Crippen molar-refractivity contribution in [1.29, 1.82) is 0 Å². The maximum Gasteiger partial charge on any atom is 0.213 e. The first kappa shape index (κ1) is 14.3. The van der Waals surface area contributed by atoms with Crippen LogP contribution in [0.4, 0.5) is 0 Å². The molecule has 2 heterocycles. The molecule has 1 aliphatic rings. The van der Waals surface area contributed by atoms with Crippen LogP contribution in [0.1, 0.15) is 31.5 Å². The fraction of sp³-hybridized carbons (Fsp3) is 0.667. The van der Waals surface area contributed by atoms with E-state index >= 15 is 0 Å². The lowest BCUT2D eigenvalue weighted by atomic mass is 9.97. The fourth-order valence-corrected chi connectivity index (χ4v) is 3.08. The van der Waals surface area contributed by atoms with E-state index in [2.05, 4.69) is 28.2 Å². The molecule has 19 heavy (non-hydrogen) atoms. The summed E-state index contributed by atoms with van der Waals surface area (Å²) in [6, 6.07) is 6.50. The molecule has 2 unspecified atom stereocenters. The van der Waals surface area contributed by atoms with Gasteiger partial charge in [-0.2, -0.15) is 0 Å². The van der Waals surface area contributed by atoms with Gasteiger partial charge in [0.05, 0.1) is 18.8 Å². The highest BCUT2D eigenvalue weighted by Gasteiger charge is 2.35. The third-order valence-electron chi connectivity index (χ3n) is 3.86. The van der Waals surface area contributed by atoms with E-state index in [-0.39, 0.29) is 0 Å². The van der Waals surface area contributed by atoms with E-state index < -0.39 is 0 Å². The van der Waals surface area contributed by atoms with E-state index in [4.69, 9.17) is 4.74 Å². The molecule has 0 saturated carbocycles. The van der Waals surface area contributed by atoms with Crippen LogP contribution < -0.4 is 10.1 Å². The number of rotatable bonds is 6. The Morgan fingerprint density at radius 2 is 2.32 bits per heavy atom. The van der Waals surface area contributed by atoms with Gasteiger partial charge in [0.25, 0.3) is 0 Å². The molecule has 1 aromatic rings. The minimum atomic E-state index is 0.419. The zero-order valence-electron chi connectivity index (χ0n) is 12.2. The zero-order chi connectivity index (χ0) is 13.7. The van der Waals surface area contributed by atoms with Crippen molar-refractivity contribution in [2.24, 2.45) is 5.92 Å².